The van der Waals surface area contributed by atoms with Gasteiger partial charge in [0.25, 0.3) is 0 Å². The van der Waals surface area contributed by atoms with Gasteiger partial charge in [0.05, 0.1) is 6.61 Å². The summed E-state index contributed by atoms with van der Waals surface area (Å²) < 4.78 is 5.75. The molecule has 1 aromatic rings. The van der Waals surface area contributed by atoms with E-state index in [0.29, 0.717) is 18.2 Å². The summed E-state index contributed by atoms with van der Waals surface area (Å²) in [6.45, 7) is 4.48. The summed E-state index contributed by atoms with van der Waals surface area (Å²) in [5, 5.41) is 3.52. The van der Waals surface area contributed by atoms with E-state index in [2.05, 4.69) is 5.32 Å². The van der Waals surface area contributed by atoms with Crippen molar-refractivity contribution in [2.45, 2.75) is 45.3 Å². The summed E-state index contributed by atoms with van der Waals surface area (Å²) in [7, 11) is 0. The molecule has 0 aliphatic carbocycles. The van der Waals surface area contributed by atoms with Crippen LogP contribution in [0.25, 0.3) is 0 Å². The molecule has 1 unspecified atom stereocenters. The van der Waals surface area contributed by atoms with Crippen LogP contribution >= 0.6 is 0 Å². The predicted octanol–water partition coefficient (Wildman–Crippen LogP) is 2.14. The Hall–Kier alpha value is -1.39. The van der Waals surface area contributed by atoms with E-state index in [1.165, 1.54) is 19.3 Å². The molecule has 1 amide bonds. The van der Waals surface area contributed by atoms with Gasteiger partial charge < -0.3 is 15.8 Å². The maximum absolute atomic E-state index is 11.1. The highest BCUT2D eigenvalue weighted by atomic mass is 16.5. The van der Waals surface area contributed by atoms with Crippen molar-refractivity contribution in [3.05, 3.63) is 34.9 Å². The van der Waals surface area contributed by atoms with Gasteiger partial charge in [-0.1, -0.05) is 12.5 Å². The zero-order chi connectivity index (χ0) is 14.4. The molecule has 2 rings (SSSR count). The largest absolute Gasteiger partial charge is 0.377 e. The second kappa shape index (κ2) is 7.41. The van der Waals surface area contributed by atoms with E-state index in [0.717, 1.165) is 30.7 Å². The summed E-state index contributed by atoms with van der Waals surface area (Å²) in [5.74, 6) is -0.385. The van der Waals surface area contributed by atoms with Crippen LogP contribution in [0.2, 0.25) is 0 Å². The molecule has 0 bridgehead atoms. The van der Waals surface area contributed by atoms with Crippen LogP contribution in [0.4, 0.5) is 0 Å². The minimum absolute atomic E-state index is 0.385. The number of nitrogens with two attached hydrogens (primary N) is 1. The van der Waals surface area contributed by atoms with Gasteiger partial charge in [0.1, 0.15) is 0 Å². The summed E-state index contributed by atoms with van der Waals surface area (Å²) >= 11 is 0. The molecule has 0 aromatic heterocycles. The normalized spacial score (nSPS) is 18.9. The first-order chi connectivity index (χ1) is 9.66. The van der Waals surface area contributed by atoms with Crippen LogP contribution in [0.3, 0.4) is 0 Å². The van der Waals surface area contributed by atoms with E-state index in [4.69, 9.17) is 10.5 Å². The van der Waals surface area contributed by atoms with Gasteiger partial charge in [-0.05, 0) is 56.0 Å². The minimum atomic E-state index is -0.385. The van der Waals surface area contributed by atoms with E-state index < -0.39 is 0 Å². The van der Waals surface area contributed by atoms with Gasteiger partial charge >= 0.3 is 0 Å². The van der Waals surface area contributed by atoms with E-state index in [1.54, 1.807) is 6.07 Å². The highest BCUT2D eigenvalue weighted by Crippen LogP contribution is 2.13. The lowest BCUT2D eigenvalue weighted by Crippen LogP contribution is -2.34. The van der Waals surface area contributed by atoms with E-state index in [-0.39, 0.29) is 5.91 Å². The zero-order valence-electron chi connectivity index (χ0n) is 12.2. The molecule has 0 radical (unpaired) electrons. The summed E-state index contributed by atoms with van der Waals surface area (Å²) in [6.07, 6.45) is 4.95. The molecular weight excluding hydrogens is 252 g/mol. The van der Waals surface area contributed by atoms with Crippen molar-refractivity contribution < 1.29 is 9.53 Å². The SMILES string of the molecule is Cc1cc(C(N)=O)ccc1COCCC1CCCCN1. The Morgan fingerprint density at radius 1 is 1.45 bits per heavy atom. The number of primary amides is 1. The number of piperidine rings is 1. The van der Waals surface area contributed by atoms with Crippen molar-refractivity contribution in [3.8, 4) is 0 Å². The van der Waals surface area contributed by atoms with Crippen molar-refractivity contribution in [2.75, 3.05) is 13.2 Å². The molecule has 4 nitrogen and oxygen atoms in total. The number of hydrogen-bond acceptors (Lipinski definition) is 3. The molecule has 4 heteroatoms. The van der Waals surface area contributed by atoms with Crippen LogP contribution in [0.5, 0.6) is 0 Å². The molecule has 1 aliphatic heterocycles. The van der Waals surface area contributed by atoms with Crippen molar-refractivity contribution in [3.63, 3.8) is 0 Å². The Kier molecular flexibility index (Phi) is 5.56. The fraction of sp³-hybridized carbons (Fsp3) is 0.562. The van der Waals surface area contributed by atoms with Crippen LogP contribution in [0, 0.1) is 6.92 Å². The van der Waals surface area contributed by atoms with E-state index in [1.807, 2.05) is 19.1 Å². The summed E-state index contributed by atoms with van der Waals surface area (Å²) in [6, 6.07) is 6.12. The number of rotatable bonds is 6. The zero-order valence-corrected chi connectivity index (χ0v) is 12.2. The number of carbonyl (C=O) groups excluding carboxylic acids is 1. The molecule has 1 heterocycles. The van der Waals surface area contributed by atoms with Crippen LogP contribution in [-0.4, -0.2) is 25.1 Å². The van der Waals surface area contributed by atoms with Crippen LogP contribution in [-0.2, 0) is 11.3 Å². The molecule has 1 aliphatic rings. The Morgan fingerprint density at radius 2 is 2.30 bits per heavy atom. The lowest BCUT2D eigenvalue weighted by atomic mass is 10.0. The third-order valence-corrected chi connectivity index (χ3v) is 3.91. The van der Waals surface area contributed by atoms with E-state index >= 15 is 0 Å². The molecule has 3 N–H and O–H groups in total. The molecule has 1 saturated heterocycles. The average Bonchev–Trinajstić information content (AvgIpc) is 2.46. The van der Waals surface area contributed by atoms with Gasteiger partial charge in [-0.3, -0.25) is 4.79 Å². The fourth-order valence-electron chi connectivity index (χ4n) is 2.59. The molecule has 1 atom stereocenters. The van der Waals surface area contributed by atoms with E-state index in [9.17, 15) is 4.79 Å². The first-order valence-corrected chi connectivity index (χ1v) is 7.37. The number of ether oxygens (including phenoxy) is 1. The highest BCUT2D eigenvalue weighted by Gasteiger charge is 2.12. The van der Waals surface area contributed by atoms with Crippen LogP contribution in [0.1, 0.15) is 47.2 Å². The summed E-state index contributed by atoms with van der Waals surface area (Å²) in [4.78, 5) is 11.1. The maximum Gasteiger partial charge on any atom is 0.248 e. The molecular formula is C16H24N2O2. The van der Waals surface area contributed by atoms with Crippen molar-refractivity contribution >= 4 is 5.91 Å². The van der Waals surface area contributed by atoms with Gasteiger partial charge in [0.2, 0.25) is 5.91 Å². The molecule has 1 fully saturated rings. The number of benzene rings is 1. The molecule has 0 saturated carbocycles. The Morgan fingerprint density at radius 3 is 2.95 bits per heavy atom. The standard InChI is InChI=1S/C16H24N2O2/c1-12-10-13(16(17)19)5-6-14(12)11-20-9-7-15-4-2-3-8-18-15/h5-6,10,15,18H,2-4,7-9,11H2,1H3,(H2,17,19). The lowest BCUT2D eigenvalue weighted by molar-refractivity contribution is 0.0998. The van der Waals surface area contributed by atoms with Crippen LogP contribution in [0.15, 0.2) is 18.2 Å². The van der Waals surface area contributed by atoms with Crippen molar-refractivity contribution in [1.29, 1.82) is 0 Å². The smallest absolute Gasteiger partial charge is 0.248 e. The third-order valence-electron chi connectivity index (χ3n) is 3.91. The summed E-state index contributed by atoms with van der Waals surface area (Å²) in [5.41, 5.74) is 7.98. The minimum Gasteiger partial charge on any atom is -0.377 e. The Bertz CT molecular complexity index is 454. The first kappa shape index (κ1) is 15.0. The first-order valence-electron chi connectivity index (χ1n) is 7.37. The average molecular weight is 276 g/mol. The topological polar surface area (TPSA) is 64.4 Å². The van der Waals surface area contributed by atoms with Gasteiger partial charge in [0, 0.05) is 18.2 Å². The monoisotopic (exact) mass is 276 g/mol. The Labute approximate surface area is 120 Å². The highest BCUT2D eigenvalue weighted by molar-refractivity contribution is 5.93. The van der Waals surface area contributed by atoms with Crippen molar-refractivity contribution in [2.24, 2.45) is 5.73 Å². The fourth-order valence-corrected chi connectivity index (χ4v) is 2.59. The lowest BCUT2D eigenvalue weighted by Gasteiger charge is -2.23. The number of carbonyl (C=O) groups is 1. The second-order valence-corrected chi connectivity index (χ2v) is 5.49. The van der Waals surface area contributed by atoms with Crippen LogP contribution < -0.4 is 11.1 Å². The molecule has 110 valence electrons. The van der Waals surface area contributed by atoms with Gasteiger partial charge in [-0.25, -0.2) is 0 Å². The maximum atomic E-state index is 11.1. The van der Waals surface area contributed by atoms with Gasteiger partial charge in [-0.15, -0.1) is 0 Å². The predicted molar refractivity (Wildman–Crippen MR) is 79.6 cm³/mol. The number of hydrogen-bond donors (Lipinski definition) is 2. The second-order valence-electron chi connectivity index (χ2n) is 5.49. The molecule has 1 aromatic carbocycles. The molecule has 0 spiro atoms. The number of aryl methyl sites for hydroxylation is 1. The van der Waals surface area contributed by atoms with Crippen molar-refractivity contribution in [1.82, 2.24) is 5.32 Å². The quantitative estimate of drug-likeness (QED) is 0.782. The number of amides is 1. The third kappa shape index (κ3) is 4.32. The molecule has 20 heavy (non-hydrogen) atoms. The Balaban J connectivity index is 1.74. The van der Waals surface area contributed by atoms with Gasteiger partial charge in [0.15, 0.2) is 0 Å². The van der Waals surface area contributed by atoms with Gasteiger partial charge in [-0.2, -0.15) is 0 Å². The number of nitrogens with one attached hydrogen (secondary N) is 1.